The first-order chi connectivity index (χ1) is 9.77. The van der Waals surface area contributed by atoms with Crippen molar-refractivity contribution in [3.63, 3.8) is 0 Å². The lowest BCUT2D eigenvalue weighted by Gasteiger charge is -2.19. The summed E-state index contributed by atoms with van der Waals surface area (Å²) in [6.07, 6.45) is 0. The van der Waals surface area contributed by atoms with Crippen LogP contribution >= 0.6 is 11.6 Å². The van der Waals surface area contributed by atoms with E-state index < -0.39 is 0 Å². The van der Waals surface area contributed by atoms with Gasteiger partial charge in [0.1, 0.15) is 0 Å². The molecule has 3 N–H and O–H groups in total. The molecule has 0 fully saturated rings. The van der Waals surface area contributed by atoms with Gasteiger partial charge in [-0.05, 0) is 41.3 Å². The molecule has 21 heavy (non-hydrogen) atoms. The normalized spacial score (nSPS) is 11.2. The zero-order valence-electron chi connectivity index (χ0n) is 12.4. The lowest BCUT2D eigenvalue weighted by atomic mass is 9.87. The number of anilines is 2. The quantitative estimate of drug-likeness (QED) is 0.804. The number of hydrogen-bond acceptors (Lipinski definition) is 2. The number of amides is 1. The van der Waals surface area contributed by atoms with E-state index in [1.807, 2.05) is 24.3 Å². The molecule has 2 rings (SSSR count). The zero-order valence-corrected chi connectivity index (χ0v) is 13.2. The summed E-state index contributed by atoms with van der Waals surface area (Å²) in [5.74, 6) is -0.170. The first-order valence-electron chi connectivity index (χ1n) is 6.74. The van der Waals surface area contributed by atoms with Gasteiger partial charge in [-0.2, -0.15) is 0 Å². The van der Waals surface area contributed by atoms with E-state index in [-0.39, 0.29) is 11.3 Å². The molecule has 0 spiro atoms. The Kier molecular flexibility index (Phi) is 4.24. The number of nitrogens with one attached hydrogen (secondary N) is 1. The molecule has 110 valence electrons. The molecule has 0 saturated heterocycles. The molecule has 0 aliphatic heterocycles. The molecular weight excluding hydrogens is 284 g/mol. The van der Waals surface area contributed by atoms with E-state index in [0.29, 0.717) is 22.0 Å². The van der Waals surface area contributed by atoms with Crippen LogP contribution in [-0.4, -0.2) is 5.91 Å². The fraction of sp³-hybridized carbons (Fsp3) is 0.235. The first-order valence-corrected chi connectivity index (χ1v) is 7.12. The molecule has 3 nitrogen and oxygen atoms in total. The predicted molar refractivity (Wildman–Crippen MR) is 89.0 cm³/mol. The summed E-state index contributed by atoms with van der Waals surface area (Å²) >= 11 is 5.94. The Morgan fingerprint density at radius 1 is 1.10 bits per heavy atom. The van der Waals surface area contributed by atoms with Crippen LogP contribution in [0.4, 0.5) is 11.4 Å². The molecular formula is C17H19ClN2O. The van der Waals surface area contributed by atoms with Crippen molar-refractivity contribution in [3.8, 4) is 0 Å². The topological polar surface area (TPSA) is 55.1 Å². The number of nitrogens with two attached hydrogens (primary N) is 1. The van der Waals surface area contributed by atoms with Crippen molar-refractivity contribution in [2.75, 3.05) is 11.1 Å². The molecule has 0 atom stereocenters. The molecule has 0 saturated carbocycles. The van der Waals surface area contributed by atoms with E-state index in [1.54, 1.807) is 18.2 Å². The fourth-order valence-corrected chi connectivity index (χ4v) is 2.11. The molecule has 0 aliphatic rings. The van der Waals surface area contributed by atoms with E-state index in [0.717, 1.165) is 0 Å². The average molecular weight is 303 g/mol. The Labute approximate surface area is 130 Å². The molecule has 0 aliphatic carbocycles. The Bertz CT molecular complexity index is 657. The summed E-state index contributed by atoms with van der Waals surface area (Å²) in [6, 6.07) is 12.6. The standard InChI is InChI=1S/C17H19ClN2O/c1-17(2,3)12-6-4-11(5-7-12)16(21)20-13-8-9-15(19)14(18)10-13/h4-10H,19H2,1-3H3,(H,20,21). The lowest BCUT2D eigenvalue weighted by Crippen LogP contribution is -2.14. The van der Waals surface area contributed by atoms with Crippen LogP contribution in [0.2, 0.25) is 5.02 Å². The first kappa shape index (κ1) is 15.4. The number of benzene rings is 2. The van der Waals surface area contributed by atoms with Gasteiger partial charge < -0.3 is 11.1 Å². The van der Waals surface area contributed by atoms with E-state index in [2.05, 4.69) is 26.1 Å². The summed E-state index contributed by atoms with van der Waals surface area (Å²) < 4.78 is 0. The number of halogens is 1. The van der Waals surface area contributed by atoms with Crippen molar-refractivity contribution in [1.82, 2.24) is 0 Å². The van der Waals surface area contributed by atoms with Crippen LogP contribution < -0.4 is 11.1 Å². The van der Waals surface area contributed by atoms with Gasteiger partial charge in [0.2, 0.25) is 0 Å². The minimum absolute atomic E-state index is 0.0689. The smallest absolute Gasteiger partial charge is 0.255 e. The second-order valence-electron chi connectivity index (χ2n) is 6.02. The molecule has 2 aromatic carbocycles. The van der Waals surface area contributed by atoms with Crippen molar-refractivity contribution >= 4 is 28.9 Å². The largest absolute Gasteiger partial charge is 0.398 e. The van der Waals surface area contributed by atoms with Gasteiger partial charge in [-0.3, -0.25) is 4.79 Å². The molecule has 0 unspecified atom stereocenters. The maximum Gasteiger partial charge on any atom is 0.255 e. The number of rotatable bonds is 2. The van der Waals surface area contributed by atoms with Crippen LogP contribution in [0.5, 0.6) is 0 Å². The van der Waals surface area contributed by atoms with Gasteiger partial charge in [0.15, 0.2) is 0 Å². The number of hydrogen-bond donors (Lipinski definition) is 2. The van der Waals surface area contributed by atoms with Gasteiger partial charge in [0.25, 0.3) is 5.91 Å². The van der Waals surface area contributed by atoms with Gasteiger partial charge >= 0.3 is 0 Å². The highest BCUT2D eigenvalue weighted by molar-refractivity contribution is 6.33. The summed E-state index contributed by atoms with van der Waals surface area (Å²) in [5.41, 5.74) is 8.62. The fourth-order valence-electron chi connectivity index (χ4n) is 1.93. The van der Waals surface area contributed by atoms with Crippen molar-refractivity contribution < 1.29 is 4.79 Å². The van der Waals surface area contributed by atoms with Crippen molar-refractivity contribution in [3.05, 3.63) is 58.6 Å². The van der Waals surface area contributed by atoms with Crippen molar-refractivity contribution in [2.45, 2.75) is 26.2 Å². The summed E-state index contributed by atoms with van der Waals surface area (Å²) in [5, 5.41) is 3.23. The maximum atomic E-state index is 12.2. The SMILES string of the molecule is CC(C)(C)c1ccc(C(=O)Nc2ccc(N)c(Cl)c2)cc1. The third-order valence-electron chi connectivity index (χ3n) is 3.27. The summed E-state index contributed by atoms with van der Waals surface area (Å²) in [7, 11) is 0. The van der Waals surface area contributed by atoms with Gasteiger partial charge in [-0.15, -0.1) is 0 Å². The summed E-state index contributed by atoms with van der Waals surface area (Å²) in [6.45, 7) is 6.41. The van der Waals surface area contributed by atoms with Crippen molar-refractivity contribution in [2.24, 2.45) is 0 Å². The third kappa shape index (κ3) is 3.76. The van der Waals surface area contributed by atoms with Gasteiger partial charge in [-0.25, -0.2) is 0 Å². The highest BCUT2D eigenvalue weighted by atomic mass is 35.5. The Morgan fingerprint density at radius 3 is 2.24 bits per heavy atom. The molecule has 4 heteroatoms. The van der Waals surface area contributed by atoms with E-state index in [1.165, 1.54) is 5.56 Å². The second-order valence-corrected chi connectivity index (χ2v) is 6.42. The number of carbonyl (C=O) groups is 1. The van der Waals surface area contributed by atoms with E-state index in [4.69, 9.17) is 17.3 Å². The number of nitrogen functional groups attached to an aromatic ring is 1. The van der Waals surface area contributed by atoms with E-state index in [9.17, 15) is 4.79 Å². The molecule has 2 aromatic rings. The zero-order chi connectivity index (χ0) is 15.6. The third-order valence-corrected chi connectivity index (χ3v) is 3.60. The van der Waals surface area contributed by atoms with Crippen molar-refractivity contribution in [1.29, 1.82) is 0 Å². The van der Waals surface area contributed by atoms with Gasteiger partial charge in [0.05, 0.1) is 10.7 Å². The molecule has 1 amide bonds. The summed E-state index contributed by atoms with van der Waals surface area (Å²) in [4.78, 5) is 12.2. The molecule has 0 radical (unpaired) electrons. The number of carbonyl (C=O) groups excluding carboxylic acids is 1. The van der Waals surface area contributed by atoms with Gasteiger partial charge in [0, 0.05) is 11.3 Å². The molecule has 0 aromatic heterocycles. The Morgan fingerprint density at radius 2 is 1.71 bits per heavy atom. The highest BCUT2D eigenvalue weighted by Gasteiger charge is 2.14. The van der Waals surface area contributed by atoms with Crippen LogP contribution in [0, 0.1) is 0 Å². The molecule has 0 heterocycles. The monoisotopic (exact) mass is 302 g/mol. The van der Waals surface area contributed by atoms with Crippen LogP contribution in [-0.2, 0) is 5.41 Å². The van der Waals surface area contributed by atoms with Crippen LogP contribution in [0.25, 0.3) is 0 Å². The maximum absolute atomic E-state index is 12.2. The predicted octanol–water partition coefficient (Wildman–Crippen LogP) is 4.47. The molecule has 0 bridgehead atoms. The van der Waals surface area contributed by atoms with Crippen LogP contribution in [0.3, 0.4) is 0 Å². The lowest BCUT2D eigenvalue weighted by molar-refractivity contribution is 0.102. The Balaban J connectivity index is 2.15. The van der Waals surface area contributed by atoms with Crippen LogP contribution in [0.15, 0.2) is 42.5 Å². The highest BCUT2D eigenvalue weighted by Crippen LogP contribution is 2.24. The van der Waals surface area contributed by atoms with Crippen LogP contribution in [0.1, 0.15) is 36.7 Å². The minimum Gasteiger partial charge on any atom is -0.398 e. The second kappa shape index (κ2) is 5.78. The Hall–Kier alpha value is -2.00. The minimum atomic E-state index is -0.170. The van der Waals surface area contributed by atoms with E-state index >= 15 is 0 Å². The van der Waals surface area contributed by atoms with Gasteiger partial charge in [-0.1, -0.05) is 44.5 Å². The average Bonchev–Trinajstić information content (AvgIpc) is 2.42.